The number of rotatable bonds is 9. The molecule has 0 bridgehead atoms. The van der Waals surface area contributed by atoms with E-state index >= 15 is 0 Å². The van der Waals surface area contributed by atoms with Crippen molar-refractivity contribution in [2.24, 2.45) is 0 Å². The van der Waals surface area contributed by atoms with Gasteiger partial charge in [0.15, 0.2) is 15.9 Å². The van der Waals surface area contributed by atoms with Crippen molar-refractivity contribution in [2.45, 2.75) is 47.0 Å². The molecule has 30 heavy (non-hydrogen) atoms. The minimum atomic E-state index is -0.412. The minimum absolute atomic E-state index is 0.221. The number of ether oxygens (including phenoxy) is 1. The van der Waals surface area contributed by atoms with E-state index in [0.717, 1.165) is 24.1 Å². The maximum atomic E-state index is 13.4. The third-order valence-electron chi connectivity index (χ3n) is 4.44. The Bertz CT molecular complexity index is 1010. The Hall–Kier alpha value is -2.52. The van der Waals surface area contributed by atoms with Crippen molar-refractivity contribution >= 4 is 39.7 Å². The number of aromatic nitrogens is 2. The molecule has 0 saturated carbocycles. The highest BCUT2D eigenvalue weighted by Crippen LogP contribution is 2.32. The number of furan rings is 1. The van der Waals surface area contributed by atoms with Gasteiger partial charge in [-0.25, -0.2) is 14.8 Å². The van der Waals surface area contributed by atoms with E-state index in [-0.39, 0.29) is 12.5 Å². The van der Waals surface area contributed by atoms with E-state index < -0.39 is 5.97 Å². The van der Waals surface area contributed by atoms with Gasteiger partial charge < -0.3 is 9.15 Å². The average molecular weight is 448 g/mol. The Labute approximate surface area is 183 Å². The number of thiazole rings is 2. The molecule has 160 valence electrons. The quantitative estimate of drug-likeness (QED) is 0.318. The second-order valence-electron chi connectivity index (χ2n) is 6.70. The number of hydrogen-bond acceptors (Lipinski definition) is 8. The summed E-state index contributed by atoms with van der Waals surface area (Å²) >= 11 is 2.60. The van der Waals surface area contributed by atoms with Gasteiger partial charge in [0, 0.05) is 11.4 Å². The zero-order chi connectivity index (χ0) is 21.7. The van der Waals surface area contributed by atoms with Gasteiger partial charge in [0.2, 0.25) is 0 Å². The van der Waals surface area contributed by atoms with Gasteiger partial charge in [0.1, 0.15) is 10.6 Å². The predicted molar refractivity (Wildman–Crippen MR) is 119 cm³/mol. The minimum Gasteiger partial charge on any atom is -0.462 e. The summed E-state index contributed by atoms with van der Waals surface area (Å²) < 4.78 is 10.5. The average Bonchev–Trinajstić information content (AvgIpc) is 3.45. The van der Waals surface area contributed by atoms with E-state index in [4.69, 9.17) is 9.15 Å². The van der Waals surface area contributed by atoms with Crippen molar-refractivity contribution in [3.05, 3.63) is 39.5 Å². The highest BCUT2D eigenvalue weighted by Gasteiger charge is 2.28. The van der Waals surface area contributed by atoms with Crippen molar-refractivity contribution in [1.82, 2.24) is 9.97 Å². The molecule has 0 radical (unpaired) electrons. The predicted octanol–water partition coefficient (Wildman–Crippen LogP) is 5.49. The third-order valence-corrected chi connectivity index (χ3v) is 6.58. The van der Waals surface area contributed by atoms with E-state index in [1.165, 1.54) is 22.7 Å². The molecule has 0 N–H and O–H groups in total. The van der Waals surface area contributed by atoms with Gasteiger partial charge in [-0.05, 0) is 39.3 Å². The lowest BCUT2D eigenvalue weighted by atomic mass is 10.2. The van der Waals surface area contributed by atoms with Crippen molar-refractivity contribution in [1.29, 1.82) is 0 Å². The molecular formula is C21H25N3O4S2. The first-order chi connectivity index (χ1) is 14.5. The number of carbonyl (C=O) groups is 2. The second-order valence-corrected chi connectivity index (χ2v) is 8.88. The van der Waals surface area contributed by atoms with Gasteiger partial charge in [-0.15, -0.1) is 11.3 Å². The lowest BCUT2D eigenvalue weighted by Gasteiger charge is -2.19. The largest absolute Gasteiger partial charge is 0.462 e. The number of carbonyl (C=O) groups excluding carboxylic acids is 2. The van der Waals surface area contributed by atoms with E-state index in [1.54, 1.807) is 31.1 Å². The maximum absolute atomic E-state index is 13.4. The number of nitrogens with zero attached hydrogens (tertiary/aromatic N) is 3. The highest BCUT2D eigenvalue weighted by molar-refractivity contribution is 7.17. The van der Waals surface area contributed by atoms with Crippen LogP contribution in [0.5, 0.6) is 0 Å². The van der Waals surface area contributed by atoms with Gasteiger partial charge in [0.25, 0.3) is 5.91 Å². The van der Waals surface area contributed by atoms with E-state index in [0.29, 0.717) is 38.7 Å². The van der Waals surface area contributed by atoms with Crippen molar-refractivity contribution in [3.8, 4) is 10.8 Å². The van der Waals surface area contributed by atoms with Gasteiger partial charge >= 0.3 is 5.97 Å². The molecule has 0 aliphatic rings. The van der Waals surface area contributed by atoms with Crippen LogP contribution in [0.3, 0.4) is 0 Å². The summed E-state index contributed by atoms with van der Waals surface area (Å²) in [6.07, 6.45) is 4.45. The Morgan fingerprint density at radius 2 is 1.97 bits per heavy atom. The fraction of sp³-hybridized carbons (Fsp3) is 0.429. The number of unbranched alkanes of at least 4 members (excludes halogenated alkanes) is 2. The normalized spacial score (nSPS) is 10.9. The first-order valence-electron chi connectivity index (χ1n) is 9.93. The van der Waals surface area contributed by atoms with Crippen molar-refractivity contribution < 1.29 is 18.7 Å². The van der Waals surface area contributed by atoms with Crippen molar-refractivity contribution in [2.75, 3.05) is 18.1 Å². The SMILES string of the molecule is CCCCCN(C(=O)c1nc(-c2ccco2)sc1C)c1nc(C)c(C(=O)OCC)s1. The van der Waals surface area contributed by atoms with Gasteiger partial charge in [-0.3, -0.25) is 9.69 Å². The van der Waals surface area contributed by atoms with Crippen molar-refractivity contribution in [3.63, 3.8) is 0 Å². The Balaban J connectivity index is 1.93. The summed E-state index contributed by atoms with van der Waals surface area (Å²) in [5, 5.41) is 1.15. The topological polar surface area (TPSA) is 85.5 Å². The maximum Gasteiger partial charge on any atom is 0.350 e. The molecule has 0 saturated heterocycles. The number of amides is 1. The fourth-order valence-corrected chi connectivity index (χ4v) is 4.77. The smallest absolute Gasteiger partial charge is 0.350 e. The molecular weight excluding hydrogens is 422 g/mol. The van der Waals surface area contributed by atoms with Crippen LogP contribution in [0, 0.1) is 13.8 Å². The summed E-state index contributed by atoms with van der Waals surface area (Å²) in [4.78, 5) is 37.6. The summed E-state index contributed by atoms with van der Waals surface area (Å²) in [5.74, 6) is 0.000781. The molecule has 0 fully saturated rings. The molecule has 0 aliphatic heterocycles. The molecule has 9 heteroatoms. The second kappa shape index (κ2) is 9.99. The molecule has 3 heterocycles. The zero-order valence-electron chi connectivity index (χ0n) is 17.6. The van der Waals surface area contributed by atoms with Gasteiger partial charge in [-0.2, -0.15) is 0 Å². The monoisotopic (exact) mass is 447 g/mol. The number of hydrogen-bond donors (Lipinski definition) is 0. The molecule has 0 unspecified atom stereocenters. The van der Waals surface area contributed by atoms with E-state index in [2.05, 4.69) is 16.9 Å². The molecule has 3 aromatic rings. The van der Waals surface area contributed by atoms with Crippen LogP contribution in [0.2, 0.25) is 0 Å². The number of esters is 1. The summed E-state index contributed by atoms with van der Waals surface area (Å²) in [5.41, 5.74) is 0.946. The molecule has 0 aromatic carbocycles. The van der Waals surface area contributed by atoms with Crippen LogP contribution in [0.4, 0.5) is 5.13 Å². The molecule has 0 aliphatic carbocycles. The molecule has 1 amide bonds. The number of anilines is 1. The Morgan fingerprint density at radius 1 is 1.17 bits per heavy atom. The van der Waals surface area contributed by atoms with Crippen LogP contribution in [0.15, 0.2) is 22.8 Å². The molecule has 3 rings (SSSR count). The van der Waals surface area contributed by atoms with Gasteiger partial charge in [0.05, 0.1) is 18.6 Å². The van der Waals surface area contributed by atoms with Crippen LogP contribution in [-0.2, 0) is 4.74 Å². The first kappa shape index (κ1) is 22.2. The highest BCUT2D eigenvalue weighted by atomic mass is 32.1. The lowest BCUT2D eigenvalue weighted by Crippen LogP contribution is -2.32. The summed E-state index contributed by atoms with van der Waals surface area (Å²) in [6.45, 7) is 8.30. The van der Waals surface area contributed by atoms with Gasteiger partial charge in [-0.1, -0.05) is 31.1 Å². The fourth-order valence-electron chi connectivity index (χ4n) is 2.92. The van der Waals surface area contributed by atoms with Crippen LogP contribution in [0.25, 0.3) is 10.8 Å². The summed E-state index contributed by atoms with van der Waals surface area (Å²) in [6, 6.07) is 3.61. The standard InChI is InChI=1S/C21H25N3O4S2/c1-5-7-8-11-24(21-22-13(3)17(30-21)20(26)27-6-2)19(25)16-14(4)29-18(23-16)15-10-9-12-28-15/h9-10,12H,5-8,11H2,1-4H3. The van der Waals surface area contributed by atoms with Crippen LogP contribution >= 0.6 is 22.7 Å². The lowest BCUT2D eigenvalue weighted by molar-refractivity contribution is 0.0531. The zero-order valence-corrected chi connectivity index (χ0v) is 19.2. The number of aryl methyl sites for hydroxylation is 2. The molecule has 0 atom stereocenters. The van der Waals surface area contributed by atoms with Crippen LogP contribution < -0.4 is 4.90 Å². The molecule has 0 spiro atoms. The third kappa shape index (κ3) is 4.79. The molecule has 3 aromatic heterocycles. The van der Waals surface area contributed by atoms with E-state index in [9.17, 15) is 9.59 Å². The summed E-state index contributed by atoms with van der Waals surface area (Å²) in [7, 11) is 0. The van der Waals surface area contributed by atoms with Crippen LogP contribution in [0.1, 0.15) is 63.8 Å². The van der Waals surface area contributed by atoms with E-state index in [1.807, 2.05) is 13.0 Å². The first-order valence-corrected chi connectivity index (χ1v) is 11.6. The van der Waals surface area contributed by atoms with Crippen LogP contribution in [-0.4, -0.2) is 35.0 Å². The molecule has 7 nitrogen and oxygen atoms in total. The Kier molecular flexibility index (Phi) is 7.38. The Morgan fingerprint density at radius 3 is 2.63 bits per heavy atom.